The van der Waals surface area contributed by atoms with Crippen LogP contribution in [0.25, 0.3) is 0 Å². The molecular formula is C19H30N6O. The van der Waals surface area contributed by atoms with Crippen molar-refractivity contribution in [2.75, 3.05) is 26.2 Å². The molecule has 0 radical (unpaired) electrons. The molecule has 0 unspecified atom stereocenters. The fraction of sp³-hybridized carbons (Fsp3) is 0.632. The first-order valence-electron chi connectivity index (χ1n) is 9.52. The minimum absolute atomic E-state index is 0.103. The highest BCUT2D eigenvalue weighted by atomic mass is 16.2. The molecule has 1 aliphatic heterocycles. The molecule has 7 heteroatoms. The van der Waals surface area contributed by atoms with E-state index in [9.17, 15) is 4.79 Å². The van der Waals surface area contributed by atoms with E-state index in [1.165, 1.54) is 0 Å². The Morgan fingerprint density at radius 1 is 1.23 bits per heavy atom. The lowest BCUT2D eigenvalue weighted by molar-refractivity contribution is 0.0612. The minimum Gasteiger partial charge on any atom is -0.337 e. The number of aryl methyl sites for hydroxylation is 2. The van der Waals surface area contributed by atoms with Gasteiger partial charge in [-0.25, -0.2) is 4.98 Å². The van der Waals surface area contributed by atoms with Gasteiger partial charge in [0.1, 0.15) is 11.5 Å². The van der Waals surface area contributed by atoms with Crippen LogP contribution >= 0.6 is 0 Å². The Kier molecular flexibility index (Phi) is 5.76. The standard InChI is InChI=1S/C19H30N6O/c1-5-25-17(13-16(21-25)12-15(2)3)19(26)24-10-8-23(9-11-24)14-18-20-6-7-22(18)4/h6-7,13,15H,5,8-12,14H2,1-4H3. The van der Waals surface area contributed by atoms with Crippen molar-refractivity contribution < 1.29 is 4.79 Å². The van der Waals surface area contributed by atoms with Crippen LogP contribution in [0.1, 0.15) is 42.8 Å². The van der Waals surface area contributed by atoms with E-state index in [4.69, 9.17) is 0 Å². The Morgan fingerprint density at radius 2 is 1.96 bits per heavy atom. The third kappa shape index (κ3) is 4.15. The van der Waals surface area contributed by atoms with Gasteiger partial charge in [-0.2, -0.15) is 5.10 Å². The fourth-order valence-electron chi connectivity index (χ4n) is 3.42. The van der Waals surface area contributed by atoms with Crippen molar-refractivity contribution in [3.05, 3.63) is 35.7 Å². The van der Waals surface area contributed by atoms with Gasteiger partial charge < -0.3 is 9.47 Å². The van der Waals surface area contributed by atoms with E-state index in [2.05, 4.69) is 28.8 Å². The Bertz CT molecular complexity index is 739. The molecule has 0 aromatic carbocycles. The highest BCUT2D eigenvalue weighted by molar-refractivity contribution is 5.92. The van der Waals surface area contributed by atoms with E-state index in [1.807, 2.05) is 46.6 Å². The number of amides is 1. The number of piperazine rings is 1. The van der Waals surface area contributed by atoms with Gasteiger partial charge in [-0.15, -0.1) is 0 Å². The topological polar surface area (TPSA) is 59.2 Å². The lowest BCUT2D eigenvalue weighted by atomic mass is 10.1. The number of hydrogen-bond acceptors (Lipinski definition) is 4. The molecule has 3 heterocycles. The van der Waals surface area contributed by atoms with Gasteiger partial charge in [-0.1, -0.05) is 13.8 Å². The van der Waals surface area contributed by atoms with Gasteiger partial charge in [-0.3, -0.25) is 14.4 Å². The van der Waals surface area contributed by atoms with Gasteiger partial charge in [0.25, 0.3) is 5.91 Å². The molecule has 0 spiro atoms. The van der Waals surface area contributed by atoms with Gasteiger partial charge in [0, 0.05) is 52.2 Å². The number of carbonyl (C=O) groups excluding carboxylic acids is 1. The second-order valence-corrected chi connectivity index (χ2v) is 7.46. The summed E-state index contributed by atoms with van der Waals surface area (Å²) in [5.41, 5.74) is 1.74. The summed E-state index contributed by atoms with van der Waals surface area (Å²) in [5, 5.41) is 4.61. The van der Waals surface area contributed by atoms with Crippen LogP contribution in [0.15, 0.2) is 18.5 Å². The average molecular weight is 358 g/mol. The normalized spacial score (nSPS) is 15.8. The molecule has 0 atom stereocenters. The molecule has 1 saturated heterocycles. The quantitative estimate of drug-likeness (QED) is 0.790. The molecule has 1 fully saturated rings. The smallest absolute Gasteiger partial charge is 0.272 e. The third-order valence-corrected chi connectivity index (χ3v) is 4.91. The summed E-state index contributed by atoms with van der Waals surface area (Å²) in [6, 6.07) is 1.98. The van der Waals surface area contributed by atoms with Gasteiger partial charge in [0.05, 0.1) is 12.2 Å². The summed E-state index contributed by atoms with van der Waals surface area (Å²) in [7, 11) is 2.02. The number of nitrogens with zero attached hydrogens (tertiary/aromatic N) is 6. The van der Waals surface area contributed by atoms with E-state index in [-0.39, 0.29) is 5.91 Å². The third-order valence-electron chi connectivity index (χ3n) is 4.91. The highest BCUT2D eigenvalue weighted by Gasteiger charge is 2.25. The number of imidazole rings is 1. The maximum Gasteiger partial charge on any atom is 0.272 e. The maximum absolute atomic E-state index is 13.0. The summed E-state index contributed by atoms with van der Waals surface area (Å²) in [4.78, 5) is 21.7. The minimum atomic E-state index is 0.103. The van der Waals surface area contributed by atoms with Crippen LogP contribution in [0.3, 0.4) is 0 Å². The van der Waals surface area contributed by atoms with E-state index in [0.29, 0.717) is 5.92 Å². The molecule has 2 aromatic rings. The number of carbonyl (C=O) groups is 1. The molecule has 0 saturated carbocycles. The first kappa shape index (κ1) is 18.6. The summed E-state index contributed by atoms with van der Waals surface area (Å²) in [5.74, 6) is 1.70. The largest absolute Gasteiger partial charge is 0.337 e. The Hall–Kier alpha value is -2.15. The molecule has 1 amide bonds. The van der Waals surface area contributed by atoms with Crippen molar-refractivity contribution >= 4 is 5.91 Å². The van der Waals surface area contributed by atoms with Gasteiger partial charge in [-0.05, 0) is 25.3 Å². The lowest BCUT2D eigenvalue weighted by Gasteiger charge is -2.34. The second kappa shape index (κ2) is 8.03. The van der Waals surface area contributed by atoms with E-state index >= 15 is 0 Å². The van der Waals surface area contributed by atoms with Gasteiger partial charge in [0.2, 0.25) is 0 Å². The molecular weight excluding hydrogens is 328 g/mol. The maximum atomic E-state index is 13.0. The van der Waals surface area contributed by atoms with Crippen molar-refractivity contribution in [3.8, 4) is 0 Å². The second-order valence-electron chi connectivity index (χ2n) is 7.46. The lowest BCUT2D eigenvalue weighted by Crippen LogP contribution is -2.48. The summed E-state index contributed by atoms with van der Waals surface area (Å²) in [6.07, 6.45) is 4.70. The zero-order chi connectivity index (χ0) is 18.7. The molecule has 0 N–H and O–H groups in total. The highest BCUT2D eigenvalue weighted by Crippen LogP contribution is 2.14. The van der Waals surface area contributed by atoms with Crippen LogP contribution < -0.4 is 0 Å². The molecule has 142 valence electrons. The van der Waals surface area contributed by atoms with Gasteiger partial charge >= 0.3 is 0 Å². The van der Waals surface area contributed by atoms with E-state index < -0.39 is 0 Å². The SMILES string of the molecule is CCn1nc(CC(C)C)cc1C(=O)N1CCN(Cc2nccn2C)CC1. The molecule has 0 aliphatic carbocycles. The van der Waals surface area contributed by atoms with Crippen molar-refractivity contribution in [2.24, 2.45) is 13.0 Å². The van der Waals surface area contributed by atoms with Crippen molar-refractivity contribution in [3.63, 3.8) is 0 Å². The van der Waals surface area contributed by atoms with Crippen LogP contribution in [-0.2, 0) is 26.6 Å². The predicted octanol–water partition coefficient (Wildman–Crippen LogP) is 1.79. The van der Waals surface area contributed by atoms with Crippen molar-refractivity contribution in [2.45, 2.75) is 40.3 Å². The first-order chi connectivity index (χ1) is 12.5. The Labute approximate surface area is 155 Å². The van der Waals surface area contributed by atoms with Crippen LogP contribution in [0.5, 0.6) is 0 Å². The molecule has 2 aromatic heterocycles. The number of rotatable bonds is 6. The van der Waals surface area contributed by atoms with Crippen LogP contribution in [0.2, 0.25) is 0 Å². The number of hydrogen-bond donors (Lipinski definition) is 0. The monoisotopic (exact) mass is 358 g/mol. The zero-order valence-electron chi connectivity index (χ0n) is 16.4. The predicted molar refractivity (Wildman–Crippen MR) is 101 cm³/mol. The van der Waals surface area contributed by atoms with Crippen molar-refractivity contribution in [1.82, 2.24) is 29.1 Å². The summed E-state index contributed by atoms with van der Waals surface area (Å²) >= 11 is 0. The molecule has 1 aliphatic rings. The zero-order valence-corrected chi connectivity index (χ0v) is 16.4. The number of aromatic nitrogens is 4. The Morgan fingerprint density at radius 3 is 2.54 bits per heavy atom. The van der Waals surface area contributed by atoms with E-state index in [0.717, 1.165) is 62.9 Å². The Balaban J connectivity index is 1.61. The summed E-state index contributed by atoms with van der Waals surface area (Å²) < 4.78 is 3.90. The molecule has 0 bridgehead atoms. The van der Waals surface area contributed by atoms with Crippen LogP contribution in [0, 0.1) is 5.92 Å². The van der Waals surface area contributed by atoms with Crippen molar-refractivity contribution in [1.29, 1.82) is 0 Å². The average Bonchev–Trinajstić information content (AvgIpc) is 3.20. The summed E-state index contributed by atoms with van der Waals surface area (Å²) in [6.45, 7) is 11.2. The van der Waals surface area contributed by atoms with E-state index in [1.54, 1.807) is 0 Å². The molecule has 26 heavy (non-hydrogen) atoms. The first-order valence-corrected chi connectivity index (χ1v) is 9.52. The van der Waals surface area contributed by atoms with Crippen LogP contribution in [-0.4, -0.2) is 61.2 Å². The van der Waals surface area contributed by atoms with Gasteiger partial charge in [0.15, 0.2) is 0 Å². The fourth-order valence-corrected chi connectivity index (χ4v) is 3.42. The molecule has 3 rings (SSSR count). The van der Waals surface area contributed by atoms with Crippen LogP contribution in [0.4, 0.5) is 0 Å². The molecule has 7 nitrogen and oxygen atoms in total.